The van der Waals surface area contributed by atoms with Crippen LogP contribution in [0.2, 0.25) is 5.28 Å². The van der Waals surface area contributed by atoms with Crippen molar-refractivity contribution in [3.05, 3.63) is 23.5 Å². The monoisotopic (exact) mass is 323 g/mol. The lowest BCUT2D eigenvalue weighted by Gasteiger charge is -2.47. The van der Waals surface area contributed by atoms with E-state index in [-0.39, 0.29) is 28.5 Å². The molecule has 0 spiro atoms. The molecule has 5 rings (SSSR count). The molecule has 0 radical (unpaired) electrons. The standard InChI is InChI=1S/C15H15ClFN3O2/c16-15-18-5-9-10(17)6-20(13(9)19-15)12-8-3-1-7(2-4-8)11(12)14(21)22/h5-8,11-12H,1-4H2,(H,21,22). The number of fused-ring (bicyclic) bond motifs is 4. The van der Waals surface area contributed by atoms with Crippen LogP contribution in [0.25, 0.3) is 11.0 Å². The molecule has 2 atom stereocenters. The molecule has 7 heteroatoms. The quantitative estimate of drug-likeness (QED) is 0.861. The predicted molar refractivity (Wildman–Crippen MR) is 78.1 cm³/mol. The largest absolute Gasteiger partial charge is 0.481 e. The molecule has 0 aromatic carbocycles. The minimum atomic E-state index is -0.804. The molecule has 2 bridgehead atoms. The predicted octanol–water partition coefficient (Wildman–Crippen LogP) is 3.29. The minimum absolute atomic E-state index is 0.0414. The van der Waals surface area contributed by atoms with Gasteiger partial charge in [-0.25, -0.2) is 9.37 Å². The number of halogens is 2. The van der Waals surface area contributed by atoms with Crippen LogP contribution in [-0.4, -0.2) is 25.6 Å². The molecule has 0 aliphatic heterocycles. The van der Waals surface area contributed by atoms with Crippen molar-refractivity contribution in [1.82, 2.24) is 14.5 Å². The molecule has 3 fully saturated rings. The molecular formula is C15H15ClFN3O2. The van der Waals surface area contributed by atoms with Crippen LogP contribution in [0.1, 0.15) is 31.7 Å². The summed E-state index contributed by atoms with van der Waals surface area (Å²) in [6.45, 7) is 0. The zero-order chi connectivity index (χ0) is 15.4. The van der Waals surface area contributed by atoms with Crippen molar-refractivity contribution in [3.8, 4) is 0 Å². The summed E-state index contributed by atoms with van der Waals surface area (Å²) in [5.41, 5.74) is 0.390. The van der Waals surface area contributed by atoms with Gasteiger partial charge in [-0.2, -0.15) is 4.98 Å². The van der Waals surface area contributed by atoms with Gasteiger partial charge in [-0.3, -0.25) is 4.79 Å². The SMILES string of the molecule is O=C(O)C1C2CCC(CC2)C1n1cc(F)c2cnc(Cl)nc21. The van der Waals surface area contributed by atoms with E-state index in [4.69, 9.17) is 11.6 Å². The van der Waals surface area contributed by atoms with Gasteiger partial charge in [0.2, 0.25) is 5.28 Å². The summed E-state index contributed by atoms with van der Waals surface area (Å²) in [4.78, 5) is 19.7. The molecule has 3 aliphatic carbocycles. The summed E-state index contributed by atoms with van der Waals surface area (Å²) in [5.74, 6) is -1.32. The molecule has 2 unspecified atom stereocenters. The van der Waals surface area contributed by atoms with Gasteiger partial charge in [0.15, 0.2) is 5.82 Å². The summed E-state index contributed by atoms with van der Waals surface area (Å²) in [6, 6.07) is -0.261. The number of nitrogens with zero attached hydrogens (tertiary/aromatic N) is 3. The van der Waals surface area contributed by atoms with Crippen molar-refractivity contribution >= 4 is 28.6 Å². The van der Waals surface area contributed by atoms with Crippen LogP contribution in [0.3, 0.4) is 0 Å². The summed E-state index contributed by atoms with van der Waals surface area (Å²) in [6.07, 6.45) is 6.56. The Hall–Kier alpha value is -1.69. The van der Waals surface area contributed by atoms with E-state index in [0.29, 0.717) is 5.65 Å². The zero-order valence-corrected chi connectivity index (χ0v) is 12.5. The van der Waals surface area contributed by atoms with Gasteiger partial charge in [0, 0.05) is 12.4 Å². The van der Waals surface area contributed by atoms with Crippen molar-refractivity contribution in [2.45, 2.75) is 31.7 Å². The molecule has 3 saturated carbocycles. The smallest absolute Gasteiger partial charge is 0.308 e. The van der Waals surface area contributed by atoms with Crippen LogP contribution in [0, 0.1) is 23.6 Å². The Labute approximate surface area is 131 Å². The molecule has 116 valence electrons. The Morgan fingerprint density at radius 1 is 1.32 bits per heavy atom. The molecule has 22 heavy (non-hydrogen) atoms. The van der Waals surface area contributed by atoms with E-state index in [0.717, 1.165) is 25.7 Å². The lowest BCUT2D eigenvalue weighted by Crippen LogP contribution is -2.44. The molecule has 2 aromatic heterocycles. The van der Waals surface area contributed by atoms with Crippen molar-refractivity contribution in [3.63, 3.8) is 0 Å². The van der Waals surface area contributed by atoms with Gasteiger partial charge in [0.05, 0.1) is 17.3 Å². The first-order valence-corrected chi connectivity index (χ1v) is 7.85. The van der Waals surface area contributed by atoms with E-state index in [1.165, 1.54) is 12.4 Å². The maximum Gasteiger partial charge on any atom is 0.308 e. The highest BCUT2D eigenvalue weighted by Crippen LogP contribution is 2.52. The molecule has 0 saturated heterocycles. The number of carboxylic acids is 1. The minimum Gasteiger partial charge on any atom is -0.481 e. The fourth-order valence-corrected chi connectivity index (χ4v) is 4.49. The van der Waals surface area contributed by atoms with Gasteiger partial charge in [0.25, 0.3) is 0 Å². The number of hydrogen-bond donors (Lipinski definition) is 1. The second kappa shape index (κ2) is 4.91. The number of aliphatic carboxylic acids is 1. The van der Waals surface area contributed by atoms with Crippen LogP contribution < -0.4 is 0 Å². The molecular weight excluding hydrogens is 309 g/mol. The molecule has 1 N–H and O–H groups in total. The van der Waals surface area contributed by atoms with E-state index in [1.54, 1.807) is 4.57 Å². The number of carboxylic acid groups (broad SMARTS) is 1. The average Bonchev–Trinajstić information content (AvgIpc) is 2.83. The third-order valence-electron chi connectivity index (χ3n) is 5.28. The van der Waals surface area contributed by atoms with Crippen LogP contribution in [0.5, 0.6) is 0 Å². The molecule has 2 aromatic rings. The first kappa shape index (κ1) is 13.9. The van der Waals surface area contributed by atoms with Crippen molar-refractivity contribution < 1.29 is 14.3 Å². The van der Waals surface area contributed by atoms with Gasteiger partial charge in [-0.1, -0.05) is 0 Å². The maximum atomic E-state index is 14.2. The van der Waals surface area contributed by atoms with E-state index in [2.05, 4.69) is 9.97 Å². The zero-order valence-electron chi connectivity index (χ0n) is 11.7. The Balaban J connectivity index is 1.89. The first-order valence-electron chi connectivity index (χ1n) is 7.47. The highest BCUT2D eigenvalue weighted by atomic mass is 35.5. The highest BCUT2D eigenvalue weighted by Gasteiger charge is 2.48. The third kappa shape index (κ3) is 1.93. The van der Waals surface area contributed by atoms with E-state index in [1.807, 2.05) is 0 Å². The summed E-state index contributed by atoms with van der Waals surface area (Å²) < 4.78 is 15.9. The van der Waals surface area contributed by atoms with Crippen LogP contribution in [0.4, 0.5) is 4.39 Å². The van der Waals surface area contributed by atoms with Crippen LogP contribution >= 0.6 is 11.6 Å². The lowest BCUT2D eigenvalue weighted by molar-refractivity contribution is -0.151. The van der Waals surface area contributed by atoms with Gasteiger partial charge in [-0.05, 0) is 49.1 Å². The number of aromatic nitrogens is 3. The number of hydrogen-bond acceptors (Lipinski definition) is 3. The third-order valence-corrected chi connectivity index (χ3v) is 5.46. The van der Waals surface area contributed by atoms with Gasteiger partial charge >= 0.3 is 5.97 Å². The van der Waals surface area contributed by atoms with Gasteiger partial charge in [-0.15, -0.1) is 0 Å². The van der Waals surface area contributed by atoms with Crippen molar-refractivity contribution in [2.75, 3.05) is 0 Å². The second-order valence-electron chi connectivity index (χ2n) is 6.29. The summed E-state index contributed by atoms with van der Waals surface area (Å²) in [7, 11) is 0. The van der Waals surface area contributed by atoms with Gasteiger partial charge < -0.3 is 9.67 Å². The van der Waals surface area contributed by atoms with Crippen LogP contribution in [-0.2, 0) is 4.79 Å². The van der Waals surface area contributed by atoms with E-state index >= 15 is 0 Å². The number of carbonyl (C=O) groups is 1. The van der Waals surface area contributed by atoms with E-state index < -0.39 is 17.7 Å². The fraction of sp³-hybridized carbons (Fsp3) is 0.533. The Morgan fingerprint density at radius 2 is 2.00 bits per heavy atom. The summed E-state index contributed by atoms with van der Waals surface area (Å²) >= 11 is 5.84. The Bertz CT molecular complexity index is 755. The van der Waals surface area contributed by atoms with Crippen molar-refractivity contribution in [1.29, 1.82) is 0 Å². The van der Waals surface area contributed by atoms with Crippen molar-refractivity contribution in [2.24, 2.45) is 17.8 Å². The average molecular weight is 324 g/mol. The first-order chi connectivity index (χ1) is 10.6. The second-order valence-corrected chi connectivity index (χ2v) is 6.63. The molecule has 0 amide bonds. The lowest BCUT2D eigenvalue weighted by atomic mass is 9.61. The topological polar surface area (TPSA) is 68.0 Å². The highest BCUT2D eigenvalue weighted by molar-refractivity contribution is 6.28. The van der Waals surface area contributed by atoms with E-state index in [9.17, 15) is 14.3 Å². The Kier molecular flexibility index (Phi) is 3.11. The fourth-order valence-electron chi connectivity index (χ4n) is 4.36. The van der Waals surface area contributed by atoms with Gasteiger partial charge in [0.1, 0.15) is 5.65 Å². The number of rotatable bonds is 2. The normalized spacial score (nSPS) is 30.8. The molecule has 2 heterocycles. The maximum absolute atomic E-state index is 14.2. The van der Waals surface area contributed by atoms with Crippen LogP contribution in [0.15, 0.2) is 12.4 Å². The molecule has 5 nitrogen and oxygen atoms in total. The summed E-state index contributed by atoms with van der Waals surface area (Å²) in [5, 5.41) is 9.99. The Morgan fingerprint density at radius 3 is 2.68 bits per heavy atom. The molecule has 3 aliphatic rings.